The summed E-state index contributed by atoms with van der Waals surface area (Å²) in [4.78, 5) is 11.3. The van der Waals surface area contributed by atoms with E-state index in [0.717, 1.165) is 34.8 Å². The second kappa shape index (κ2) is 7.70. The molecule has 0 spiro atoms. The Morgan fingerprint density at radius 1 is 1.11 bits per heavy atom. The van der Waals surface area contributed by atoms with Gasteiger partial charge in [-0.2, -0.15) is 4.98 Å². The number of hydrogen-bond donors (Lipinski definition) is 2. The van der Waals surface area contributed by atoms with Gasteiger partial charge < -0.3 is 15.3 Å². The molecule has 2 aromatic carbocycles. The number of aromatic nitrogens is 2. The zero-order chi connectivity index (χ0) is 19.7. The zero-order valence-corrected chi connectivity index (χ0v) is 16.7. The normalized spacial score (nSPS) is 13.1. The van der Waals surface area contributed by atoms with Gasteiger partial charge in [-0.15, -0.1) is 0 Å². The van der Waals surface area contributed by atoms with E-state index in [1.165, 1.54) is 0 Å². The summed E-state index contributed by atoms with van der Waals surface area (Å²) in [5.74, 6) is 1.56. The van der Waals surface area contributed by atoms with Gasteiger partial charge in [0.1, 0.15) is 11.6 Å². The fraction of sp³-hybridized carbons (Fsp3) is 0.143. The molecule has 0 saturated heterocycles. The minimum absolute atomic E-state index is 0.213. The third kappa shape index (κ3) is 3.63. The Kier molecular flexibility index (Phi) is 5.11. The second-order valence-corrected chi connectivity index (χ2v) is 7.24. The molecule has 0 saturated carbocycles. The maximum absolute atomic E-state index is 9.41. The van der Waals surface area contributed by atoms with E-state index < -0.39 is 0 Å². The van der Waals surface area contributed by atoms with Crippen molar-refractivity contribution in [3.8, 4) is 5.75 Å². The van der Waals surface area contributed by atoms with Crippen molar-refractivity contribution in [2.45, 2.75) is 6.92 Å². The first-order valence-corrected chi connectivity index (χ1v) is 9.63. The number of likely N-dealkylation sites (N-methyl/N-ethyl adjacent to an activating group) is 1. The Labute approximate surface area is 173 Å². The van der Waals surface area contributed by atoms with Crippen molar-refractivity contribution in [2.24, 2.45) is 0 Å². The molecule has 2 N–H and O–H groups in total. The van der Waals surface area contributed by atoms with Gasteiger partial charge in [-0.05, 0) is 55.0 Å². The number of benzene rings is 2. The third-order valence-corrected chi connectivity index (χ3v) is 5.21. The van der Waals surface area contributed by atoms with Crippen LogP contribution in [0.3, 0.4) is 0 Å². The molecule has 4 rings (SSSR count). The molecular formula is C21H18Cl2N4O. The average Bonchev–Trinajstić information content (AvgIpc) is 2.69. The van der Waals surface area contributed by atoms with Crippen molar-refractivity contribution in [1.29, 1.82) is 0 Å². The van der Waals surface area contributed by atoms with Crippen LogP contribution in [0.25, 0.3) is 11.6 Å². The standard InChI is InChI=1S/C21H18Cl2N4O/c1-2-27-12-14(19-17(22)4-3-5-18(19)23)10-13-11-24-21(26-20(13)27)25-15-6-8-16(28)9-7-15/h3-11,28H,2,12H2,1H3,(H,24,25,26). The predicted octanol–water partition coefficient (Wildman–Crippen LogP) is 5.61. The molecule has 0 aliphatic carbocycles. The highest BCUT2D eigenvalue weighted by molar-refractivity contribution is 6.38. The molecule has 3 aromatic rings. The average molecular weight is 413 g/mol. The van der Waals surface area contributed by atoms with Crippen LogP contribution in [0.4, 0.5) is 17.5 Å². The molecule has 2 heterocycles. The molecule has 0 radical (unpaired) electrons. The minimum atomic E-state index is 0.213. The van der Waals surface area contributed by atoms with Gasteiger partial charge >= 0.3 is 0 Å². The van der Waals surface area contributed by atoms with Crippen LogP contribution in [0, 0.1) is 0 Å². The van der Waals surface area contributed by atoms with E-state index in [1.807, 2.05) is 24.3 Å². The number of aromatic hydroxyl groups is 1. The third-order valence-electron chi connectivity index (χ3n) is 4.58. The van der Waals surface area contributed by atoms with Crippen LogP contribution < -0.4 is 10.2 Å². The molecule has 0 atom stereocenters. The van der Waals surface area contributed by atoms with E-state index in [2.05, 4.69) is 27.1 Å². The van der Waals surface area contributed by atoms with Gasteiger partial charge in [-0.1, -0.05) is 29.3 Å². The number of hydrogen-bond acceptors (Lipinski definition) is 5. The molecule has 0 unspecified atom stereocenters. The van der Waals surface area contributed by atoms with E-state index in [1.54, 1.807) is 30.5 Å². The maximum Gasteiger partial charge on any atom is 0.229 e. The number of nitrogens with one attached hydrogen (secondary N) is 1. The van der Waals surface area contributed by atoms with Crippen molar-refractivity contribution in [1.82, 2.24) is 9.97 Å². The molecular weight excluding hydrogens is 395 g/mol. The number of rotatable bonds is 4. The molecule has 1 aliphatic rings. The number of nitrogens with zero attached hydrogens (tertiary/aromatic N) is 3. The monoisotopic (exact) mass is 412 g/mol. The van der Waals surface area contributed by atoms with Crippen LogP contribution in [-0.2, 0) is 0 Å². The van der Waals surface area contributed by atoms with Crippen LogP contribution in [0.15, 0.2) is 48.7 Å². The first kappa shape index (κ1) is 18.6. The number of fused-ring (bicyclic) bond motifs is 1. The van der Waals surface area contributed by atoms with E-state index in [0.29, 0.717) is 22.5 Å². The molecule has 142 valence electrons. The van der Waals surface area contributed by atoms with Crippen molar-refractivity contribution < 1.29 is 5.11 Å². The van der Waals surface area contributed by atoms with E-state index >= 15 is 0 Å². The highest BCUT2D eigenvalue weighted by Crippen LogP contribution is 2.37. The van der Waals surface area contributed by atoms with E-state index in [9.17, 15) is 5.11 Å². The van der Waals surface area contributed by atoms with Crippen LogP contribution >= 0.6 is 23.2 Å². The number of phenolic OH excluding ortho intramolecular Hbond substituents is 1. The summed E-state index contributed by atoms with van der Waals surface area (Å²) in [6, 6.07) is 12.3. The molecule has 0 bridgehead atoms. The van der Waals surface area contributed by atoms with Crippen LogP contribution in [0.2, 0.25) is 10.0 Å². The largest absolute Gasteiger partial charge is 0.508 e. The summed E-state index contributed by atoms with van der Waals surface area (Å²) < 4.78 is 0. The first-order valence-electron chi connectivity index (χ1n) is 8.88. The molecule has 7 heteroatoms. The molecule has 1 aliphatic heterocycles. The van der Waals surface area contributed by atoms with Crippen molar-refractivity contribution in [2.75, 3.05) is 23.3 Å². The zero-order valence-electron chi connectivity index (χ0n) is 15.2. The predicted molar refractivity (Wildman–Crippen MR) is 116 cm³/mol. The lowest BCUT2D eigenvalue weighted by Crippen LogP contribution is -2.29. The van der Waals surface area contributed by atoms with Gasteiger partial charge in [-0.3, -0.25) is 0 Å². The Balaban J connectivity index is 1.70. The summed E-state index contributed by atoms with van der Waals surface area (Å²) in [6.45, 7) is 3.51. The van der Waals surface area contributed by atoms with Crippen molar-refractivity contribution in [3.63, 3.8) is 0 Å². The summed E-state index contributed by atoms with van der Waals surface area (Å²) in [7, 11) is 0. The van der Waals surface area contributed by atoms with E-state index in [-0.39, 0.29) is 5.75 Å². The van der Waals surface area contributed by atoms with Gasteiger partial charge in [0.2, 0.25) is 5.95 Å². The lowest BCUT2D eigenvalue weighted by atomic mass is 9.99. The van der Waals surface area contributed by atoms with Crippen molar-refractivity contribution in [3.05, 3.63) is 69.8 Å². The summed E-state index contributed by atoms with van der Waals surface area (Å²) in [6.07, 6.45) is 3.83. The molecule has 28 heavy (non-hydrogen) atoms. The Morgan fingerprint density at radius 2 is 1.82 bits per heavy atom. The van der Waals surface area contributed by atoms with Gasteiger partial charge in [-0.25, -0.2) is 4.98 Å². The number of halogens is 2. The highest BCUT2D eigenvalue weighted by atomic mass is 35.5. The number of anilines is 3. The minimum Gasteiger partial charge on any atom is -0.508 e. The quantitative estimate of drug-likeness (QED) is 0.544. The molecule has 0 amide bonds. The van der Waals surface area contributed by atoms with Crippen molar-refractivity contribution >= 4 is 52.3 Å². The molecule has 1 aromatic heterocycles. The fourth-order valence-electron chi connectivity index (χ4n) is 3.20. The lowest BCUT2D eigenvalue weighted by Gasteiger charge is -2.30. The van der Waals surface area contributed by atoms with Crippen LogP contribution in [-0.4, -0.2) is 28.2 Å². The Bertz CT molecular complexity index is 1030. The van der Waals surface area contributed by atoms with Crippen LogP contribution in [0.5, 0.6) is 5.75 Å². The summed E-state index contributed by atoms with van der Waals surface area (Å²) in [5.41, 5.74) is 3.60. The van der Waals surface area contributed by atoms with E-state index in [4.69, 9.17) is 23.2 Å². The summed E-state index contributed by atoms with van der Waals surface area (Å²) >= 11 is 12.8. The van der Waals surface area contributed by atoms with Gasteiger partial charge in [0.15, 0.2) is 0 Å². The SMILES string of the molecule is CCN1CC(c2c(Cl)cccc2Cl)=Cc2cnc(Nc3ccc(O)cc3)nc21. The Morgan fingerprint density at radius 3 is 2.50 bits per heavy atom. The van der Waals surface area contributed by atoms with Gasteiger partial charge in [0.05, 0.1) is 0 Å². The highest BCUT2D eigenvalue weighted by Gasteiger charge is 2.22. The lowest BCUT2D eigenvalue weighted by molar-refractivity contribution is 0.475. The second-order valence-electron chi connectivity index (χ2n) is 6.42. The van der Waals surface area contributed by atoms with Gasteiger partial charge in [0, 0.05) is 46.1 Å². The van der Waals surface area contributed by atoms with Crippen LogP contribution in [0.1, 0.15) is 18.1 Å². The first-order chi connectivity index (χ1) is 13.5. The summed E-state index contributed by atoms with van der Waals surface area (Å²) in [5, 5.41) is 13.8. The smallest absolute Gasteiger partial charge is 0.229 e. The Hall–Kier alpha value is -2.76. The molecule has 0 fully saturated rings. The molecule has 5 nitrogen and oxygen atoms in total. The van der Waals surface area contributed by atoms with Gasteiger partial charge in [0.25, 0.3) is 0 Å². The number of phenols is 1. The topological polar surface area (TPSA) is 61.3 Å². The maximum atomic E-state index is 9.41. The fourth-order valence-corrected chi connectivity index (χ4v) is 3.84.